The second-order valence-electron chi connectivity index (χ2n) is 3.09. The molecule has 0 amide bonds. The van der Waals surface area contributed by atoms with Gasteiger partial charge in [0.1, 0.15) is 6.10 Å². The summed E-state index contributed by atoms with van der Waals surface area (Å²) in [5, 5.41) is 20.4. The monoisotopic (exact) mass is 201 g/mol. The van der Waals surface area contributed by atoms with Crippen LogP contribution in [0.25, 0.3) is 0 Å². The second-order valence-corrected chi connectivity index (χ2v) is 4.04. The molecule has 0 aliphatic rings. The van der Waals surface area contributed by atoms with Gasteiger partial charge in [-0.3, -0.25) is 0 Å². The topological polar surface area (TPSA) is 66.5 Å². The zero-order chi connectivity index (χ0) is 9.84. The number of hydrogen-bond donors (Lipinski definition) is 3. The quantitative estimate of drug-likeness (QED) is 0.675. The third-order valence-electron chi connectivity index (χ3n) is 2.04. The Morgan fingerprint density at radius 3 is 2.77 bits per heavy atom. The van der Waals surface area contributed by atoms with E-state index in [0.29, 0.717) is 6.42 Å². The standard InChI is InChI=1S/C9H15NO2S/c1-6-3-5-13-9(6)8(12)7(10)2-4-11/h3,5,7-8,11-12H,2,4,10H2,1H3. The lowest BCUT2D eigenvalue weighted by Crippen LogP contribution is -2.29. The Hall–Kier alpha value is -0.420. The van der Waals surface area contributed by atoms with Crippen LogP contribution in [0.5, 0.6) is 0 Å². The zero-order valence-electron chi connectivity index (χ0n) is 7.60. The van der Waals surface area contributed by atoms with Gasteiger partial charge in [-0.1, -0.05) is 0 Å². The van der Waals surface area contributed by atoms with Gasteiger partial charge in [0.2, 0.25) is 0 Å². The highest BCUT2D eigenvalue weighted by Gasteiger charge is 2.18. The smallest absolute Gasteiger partial charge is 0.104 e. The van der Waals surface area contributed by atoms with Gasteiger partial charge in [0.25, 0.3) is 0 Å². The molecule has 0 aromatic carbocycles. The average Bonchev–Trinajstić information content (AvgIpc) is 2.50. The van der Waals surface area contributed by atoms with Crippen LogP contribution in [0.3, 0.4) is 0 Å². The minimum absolute atomic E-state index is 0.0165. The summed E-state index contributed by atoms with van der Waals surface area (Å²) in [5.74, 6) is 0. The summed E-state index contributed by atoms with van der Waals surface area (Å²) in [6, 6.07) is 1.58. The summed E-state index contributed by atoms with van der Waals surface area (Å²) in [7, 11) is 0. The van der Waals surface area contributed by atoms with Gasteiger partial charge in [-0.2, -0.15) is 0 Å². The van der Waals surface area contributed by atoms with Crippen molar-refractivity contribution in [2.75, 3.05) is 6.61 Å². The molecule has 0 bridgehead atoms. The normalized spacial score (nSPS) is 15.7. The number of thiophene rings is 1. The molecule has 2 unspecified atom stereocenters. The number of aliphatic hydroxyl groups is 2. The molecule has 0 aliphatic carbocycles. The number of nitrogens with two attached hydrogens (primary N) is 1. The molecule has 0 aliphatic heterocycles. The van der Waals surface area contributed by atoms with Crippen LogP contribution < -0.4 is 5.73 Å². The molecule has 1 aromatic rings. The molecule has 4 heteroatoms. The Morgan fingerprint density at radius 2 is 2.31 bits per heavy atom. The minimum Gasteiger partial charge on any atom is -0.396 e. The maximum absolute atomic E-state index is 9.76. The molecule has 0 saturated carbocycles. The van der Waals surface area contributed by atoms with Crippen LogP contribution in [0.1, 0.15) is 23.0 Å². The Bertz CT molecular complexity index is 262. The fourth-order valence-corrected chi connectivity index (χ4v) is 2.18. The SMILES string of the molecule is Cc1ccsc1C(O)C(N)CCO. The van der Waals surface area contributed by atoms with Gasteiger partial charge in [0.05, 0.1) is 0 Å². The summed E-state index contributed by atoms with van der Waals surface area (Å²) < 4.78 is 0. The van der Waals surface area contributed by atoms with Crippen molar-refractivity contribution in [1.82, 2.24) is 0 Å². The largest absolute Gasteiger partial charge is 0.396 e. The molecule has 0 saturated heterocycles. The zero-order valence-corrected chi connectivity index (χ0v) is 8.42. The van der Waals surface area contributed by atoms with E-state index in [4.69, 9.17) is 10.8 Å². The Morgan fingerprint density at radius 1 is 1.62 bits per heavy atom. The fourth-order valence-electron chi connectivity index (χ4n) is 1.19. The third kappa shape index (κ3) is 2.51. The molecule has 0 spiro atoms. The van der Waals surface area contributed by atoms with Gasteiger partial charge < -0.3 is 15.9 Å². The van der Waals surface area contributed by atoms with Crippen LogP contribution in [0.4, 0.5) is 0 Å². The third-order valence-corrected chi connectivity index (χ3v) is 3.13. The maximum Gasteiger partial charge on any atom is 0.104 e. The van der Waals surface area contributed by atoms with E-state index in [-0.39, 0.29) is 12.6 Å². The Labute approximate surface area is 81.8 Å². The predicted molar refractivity (Wildman–Crippen MR) is 53.7 cm³/mol. The first-order valence-corrected chi connectivity index (χ1v) is 5.13. The molecule has 0 radical (unpaired) electrons. The van der Waals surface area contributed by atoms with Crippen LogP contribution in [-0.4, -0.2) is 22.9 Å². The number of hydrogen-bond acceptors (Lipinski definition) is 4. The number of aryl methyl sites for hydroxylation is 1. The van der Waals surface area contributed by atoms with Crippen molar-refractivity contribution in [3.05, 3.63) is 21.9 Å². The first kappa shape index (κ1) is 10.7. The van der Waals surface area contributed by atoms with Crippen molar-refractivity contribution >= 4 is 11.3 Å². The van der Waals surface area contributed by atoms with Crippen molar-refractivity contribution < 1.29 is 10.2 Å². The van der Waals surface area contributed by atoms with Crippen molar-refractivity contribution in [1.29, 1.82) is 0 Å². The molecular weight excluding hydrogens is 186 g/mol. The number of aliphatic hydroxyl groups excluding tert-OH is 2. The van der Waals surface area contributed by atoms with E-state index in [1.165, 1.54) is 11.3 Å². The van der Waals surface area contributed by atoms with E-state index in [1.54, 1.807) is 0 Å². The van der Waals surface area contributed by atoms with Crippen molar-refractivity contribution in [3.8, 4) is 0 Å². The van der Waals surface area contributed by atoms with E-state index in [0.717, 1.165) is 10.4 Å². The van der Waals surface area contributed by atoms with Gasteiger partial charge in [0.15, 0.2) is 0 Å². The van der Waals surface area contributed by atoms with E-state index < -0.39 is 6.10 Å². The van der Waals surface area contributed by atoms with Gasteiger partial charge in [-0.25, -0.2) is 0 Å². The molecule has 74 valence electrons. The lowest BCUT2D eigenvalue weighted by Gasteiger charge is -2.17. The van der Waals surface area contributed by atoms with Crippen LogP contribution in [0, 0.1) is 6.92 Å². The van der Waals surface area contributed by atoms with Crippen molar-refractivity contribution in [3.63, 3.8) is 0 Å². The van der Waals surface area contributed by atoms with Gasteiger partial charge in [0, 0.05) is 17.5 Å². The van der Waals surface area contributed by atoms with Crippen LogP contribution in [-0.2, 0) is 0 Å². The molecule has 1 rings (SSSR count). The first-order valence-electron chi connectivity index (χ1n) is 4.25. The lowest BCUT2D eigenvalue weighted by molar-refractivity contribution is 0.131. The maximum atomic E-state index is 9.76. The van der Waals surface area contributed by atoms with E-state index in [2.05, 4.69) is 0 Å². The lowest BCUT2D eigenvalue weighted by atomic mass is 10.1. The number of rotatable bonds is 4. The average molecular weight is 201 g/mol. The van der Waals surface area contributed by atoms with Gasteiger partial charge >= 0.3 is 0 Å². The highest BCUT2D eigenvalue weighted by Crippen LogP contribution is 2.26. The Kier molecular flexibility index (Phi) is 3.87. The van der Waals surface area contributed by atoms with Gasteiger partial charge in [-0.05, 0) is 30.4 Å². The summed E-state index contributed by atoms with van der Waals surface area (Å²) >= 11 is 1.50. The summed E-state index contributed by atoms with van der Waals surface area (Å²) in [4.78, 5) is 0.904. The van der Waals surface area contributed by atoms with Crippen molar-refractivity contribution in [2.45, 2.75) is 25.5 Å². The molecule has 3 nitrogen and oxygen atoms in total. The molecule has 13 heavy (non-hydrogen) atoms. The van der Waals surface area contributed by atoms with Crippen molar-refractivity contribution in [2.24, 2.45) is 5.73 Å². The molecule has 1 heterocycles. The minimum atomic E-state index is -0.646. The van der Waals surface area contributed by atoms with Crippen LogP contribution in [0.15, 0.2) is 11.4 Å². The summed E-state index contributed by atoms with van der Waals surface area (Å²) in [5.41, 5.74) is 6.75. The molecule has 1 aromatic heterocycles. The van der Waals surface area contributed by atoms with E-state index in [1.807, 2.05) is 18.4 Å². The van der Waals surface area contributed by atoms with Gasteiger partial charge in [-0.15, -0.1) is 11.3 Å². The highest BCUT2D eigenvalue weighted by molar-refractivity contribution is 7.10. The predicted octanol–water partition coefficient (Wildman–Crippen LogP) is 0.800. The molecule has 0 fully saturated rings. The summed E-state index contributed by atoms with van der Waals surface area (Å²) in [6.07, 6.45) is -0.217. The highest BCUT2D eigenvalue weighted by atomic mass is 32.1. The molecule has 2 atom stereocenters. The molecule has 4 N–H and O–H groups in total. The fraction of sp³-hybridized carbons (Fsp3) is 0.556. The van der Waals surface area contributed by atoms with Crippen LogP contribution >= 0.6 is 11.3 Å². The second kappa shape index (κ2) is 4.72. The Balaban J connectivity index is 2.67. The van der Waals surface area contributed by atoms with E-state index in [9.17, 15) is 5.11 Å². The first-order chi connectivity index (χ1) is 6.16. The molecular formula is C9H15NO2S. The van der Waals surface area contributed by atoms with Crippen LogP contribution in [0.2, 0.25) is 0 Å². The van der Waals surface area contributed by atoms with E-state index >= 15 is 0 Å². The summed E-state index contributed by atoms with van der Waals surface area (Å²) in [6.45, 7) is 1.96.